The molecule has 2 aliphatic rings. The minimum atomic E-state index is 0.202. The van der Waals surface area contributed by atoms with Crippen LogP contribution in [-0.2, 0) is 0 Å². The SMILES string of the molecule is CC(C)CN1C(N)=NCC1c1ccc2c(c1)OCCO2. The van der Waals surface area contributed by atoms with Crippen molar-refractivity contribution in [3.8, 4) is 11.5 Å². The third-order valence-electron chi connectivity index (χ3n) is 3.61. The maximum atomic E-state index is 6.01. The molecular formula is C15H21N3O2. The summed E-state index contributed by atoms with van der Waals surface area (Å²) in [7, 11) is 0. The van der Waals surface area contributed by atoms with Gasteiger partial charge in [-0.3, -0.25) is 4.99 Å². The summed E-state index contributed by atoms with van der Waals surface area (Å²) in [4.78, 5) is 6.57. The Kier molecular flexibility index (Phi) is 3.42. The van der Waals surface area contributed by atoms with E-state index in [1.54, 1.807) is 0 Å². The van der Waals surface area contributed by atoms with Gasteiger partial charge in [-0.15, -0.1) is 0 Å². The van der Waals surface area contributed by atoms with Gasteiger partial charge in [0.15, 0.2) is 17.5 Å². The van der Waals surface area contributed by atoms with Crippen LogP contribution in [0.5, 0.6) is 11.5 Å². The average molecular weight is 275 g/mol. The molecule has 2 heterocycles. The molecule has 1 aromatic carbocycles. The van der Waals surface area contributed by atoms with Gasteiger partial charge in [0.1, 0.15) is 13.2 Å². The van der Waals surface area contributed by atoms with Crippen molar-refractivity contribution in [2.24, 2.45) is 16.6 Å². The number of guanidine groups is 1. The summed E-state index contributed by atoms with van der Waals surface area (Å²) in [5.41, 5.74) is 7.19. The van der Waals surface area contributed by atoms with E-state index in [0.29, 0.717) is 31.6 Å². The van der Waals surface area contributed by atoms with Crippen molar-refractivity contribution in [3.05, 3.63) is 23.8 Å². The Morgan fingerprint density at radius 3 is 2.80 bits per heavy atom. The molecule has 0 spiro atoms. The zero-order valence-electron chi connectivity index (χ0n) is 12.0. The topological polar surface area (TPSA) is 60.1 Å². The van der Waals surface area contributed by atoms with Crippen LogP contribution in [0.25, 0.3) is 0 Å². The summed E-state index contributed by atoms with van der Waals surface area (Å²) in [6, 6.07) is 6.32. The average Bonchev–Trinajstić information content (AvgIpc) is 2.79. The zero-order chi connectivity index (χ0) is 14.1. The quantitative estimate of drug-likeness (QED) is 0.913. The largest absolute Gasteiger partial charge is 0.486 e. The minimum Gasteiger partial charge on any atom is -0.486 e. The number of ether oxygens (including phenoxy) is 2. The molecule has 2 aliphatic heterocycles. The number of aliphatic imine (C=N–C) groups is 1. The summed E-state index contributed by atoms with van der Waals surface area (Å²) in [5, 5.41) is 0. The number of rotatable bonds is 3. The molecule has 0 radical (unpaired) electrons. The van der Waals surface area contributed by atoms with Gasteiger partial charge in [-0.1, -0.05) is 19.9 Å². The molecule has 1 aromatic rings. The van der Waals surface area contributed by atoms with Gasteiger partial charge in [0.05, 0.1) is 12.6 Å². The van der Waals surface area contributed by atoms with Gasteiger partial charge in [-0.05, 0) is 23.6 Å². The van der Waals surface area contributed by atoms with Crippen LogP contribution >= 0.6 is 0 Å². The maximum absolute atomic E-state index is 6.01. The van der Waals surface area contributed by atoms with Gasteiger partial charge in [0.25, 0.3) is 0 Å². The van der Waals surface area contributed by atoms with E-state index in [1.165, 1.54) is 5.56 Å². The molecule has 20 heavy (non-hydrogen) atoms. The highest BCUT2D eigenvalue weighted by molar-refractivity contribution is 5.80. The molecule has 0 aliphatic carbocycles. The highest BCUT2D eigenvalue weighted by Crippen LogP contribution is 2.35. The van der Waals surface area contributed by atoms with Crippen molar-refractivity contribution in [2.75, 3.05) is 26.3 Å². The number of nitrogens with zero attached hydrogens (tertiary/aromatic N) is 2. The van der Waals surface area contributed by atoms with Crippen LogP contribution in [0.4, 0.5) is 0 Å². The molecule has 1 unspecified atom stereocenters. The highest BCUT2D eigenvalue weighted by atomic mass is 16.6. The van der Waals surface area contributed by atoms with E-state index >= 15 is 0 Å². The number of hydrogen-bond donors (Lipinski definition) is 1. The molecule has 2 N–H and O–H groups in total. The van der Waals surface area contributed by atoms with Gasteiger partial charge < -0.3 is 20.1 Å². The van der Waals surface area contributed by atoms with Gasteiger partial charge in [-0.2, -0.15) is 0 Å². The number of hydrogen-bond acceptors (Lipinski definition) is 5. The van der Waals surface area contributed by atoms with Crippen molar-refractivity contribution < 1.29 is 9.47 Å². The second-order valence-corrected chi connectivity index (χ2v) is 5.66. The Labute approximate surface area is 119 Å². The third kappa shape index (κ3) is 2.40. The Bertz CT molecular complexity index is 528. The number of fused-ring (bicyclic) bond motifs is 1. The highest BCUT2D eigenvalue weighted by Gasteiger charge is 2.28. The van der Waals surface area contributed by atoms with Crippen LogP contribution in [0.3, 0.4) is 0 Å². The normalized spacial score (nSPS) is 21.2. The lowest BCUT2D eigenvalue weighted by molar-refractivity contribution is 0.171. The van der Waals surface area contributed by atoms with Gasteiger partial charge in [0.2, 0.25) is 0 Å². The van der Waals surface area contributed by atoms with Crippen molar-refractivity contribution >= 4 is 5.96 Å². The lowest BCUT2D eigenvalue weighted by atomic mass is 10.0. The van der Waals surface area contributed by atoms with E-state index in [0.717, 1.165) is 18.0 Å². The van der Waals surface area contributed by atoms with Crippen LogP contribution in [0.2, 0.25) is 0 Å². The van der Waals surface area contributed by atoms with Crippen LogP contribution in [0, 0.1) is 5.92 Å². The standard InChI is InChI=1S/C15H21N3O2/c1-10(2)9-18-12(8-17-15(18)16)11-3-4-13-14(7-11)20-6-5-19-13/h3-4,7,10,12H,5-6,8-9H2,1-2H3,(H2,16,17). The first-order chi connectivity index (χ1) is 9.65. The lowest BCUT2D eigenvalue weighted by Gasteiger charge is -2.29. The zero-order valence-corrected chi connectivity index (χ0v) is 12.0. The fourth-order valence-corrected chi connectivity index (χ4v) is 2.70. The Morgan fingerprint density at radius 2 is 2.05 bits per heavy atom. The first-order valence-electron chi connectivity index (χ1n) is 7.11. The van der Waals surface area contributed by atoms with Crippen LogP contribution < -0.4 is 15.2 Å². The lowest BCUT2D eigenvalue weighted by Crippen LogP contribution is -2.38. The second kappa shape index (κ2) is 5.23. The molecule has 5 heteroatoms. The predicted molar refractivity (Wildman–Crippen MR) is 78.2 cm³/mol. The fourth-order valence-electron chi connectivity index (χ4n) is 2.70. The third-order valence-corrected chi connectivity index (χ3v) is 3.61. The Morgan fingerprint density at radius 1 is 1.30 bits per heavy atom. The molecular weight excluding hydrogens is 254 g/mol. The number of nitrogens with two attached hydrogens (primary N) is 1. The monoisotopic (exact) mass is 275 g/mol. The van der Waals surface area contributed by atoms with Crippen molar-refractivity contribution in [2.45, 2.75) is 19.9 Å². The summed E-state index contributed by atoms with van der Waals surface area (Å²) < 4.78 is 11.2. The van der Waals surface area contributed by atoms with Crippen LogP contribution in [-0.4, -0.2) is 37.2 Å². The molecule has 108 valence electrons. The van der Waals surface area contributed by atoms with Crippen LogP contribution in [0.15, 0.2) is 23.2 Å². The molecule has 0 bridgehead atoms. The fraction of sp³-hybridized carbons (Fsp3) is 0.533. The van der Waals surface area contributed by atoms with E-state index < -0.39 is 0 Å². The van der Waals surface area contributed by atoms with E-state index in [2.05, 4.69) is 35.9 Å². The van der Waals surface area contributed by atoms with Gasteiger partial charge in [-0.25, -0.2) is 0 Å². The van der Waals surface area contributed by atoms with Gasteiger partial charge in [0, 0.05) is 6.54 Å². The Balaban J connectivity index is 1.85. The molecule has 0 amide bonds. The number of benzene rings is 1. The molecule has 0 saturated heterocycles. The van der Waals surface area contributed by atoms with Crippen molar-refractivity contribution in [3.63, 3.8) is 0 Å². The molecule has 5 nitrogen and oxygen atoms in total. The van der Waals surface area contributed by atoms with Crippen molar-refractivity contribution in [1.29, 1.82) is 0 Å². The van der Waals surface area contributed by atoms with E-state index in [9.17, 15) is 0 Å². The summed E-state index contributed by atoms with van der Waals surface area (Å²) in [5.74, 6) is 2.83. The second-order valence-electron chi connectivity index (χ2n) is 5.66. The molecule has 0 fully saturated rings. The summed E-state index contributed by atoms with van der Waals surface area (Å²) in [6.45, 7) is 7.21. The van der Waals surface area contributed by atoms with E-state index in [4.69, 9.17) is 15.2 Å². The molecule has 3 rings (SSSR count). The van der Waals surface area contributed by atoms with Crippen molar-refractivity contribution in [1.82, 2.24) is 4.90 Å². The summed E-state index contributed by atoms with van der Waals surface area (Å²) in [6.07, 6.45) is 0. The van der Waals surface area contributed by atoms with E-state index in [1.807, 2.05) is 6.07 Å². The molecule has 0 aromatic heterocycles. The van der Waals surface area contributed by atoms with E-state index in [-0.39, 0.29) is 6.04 Å². The predicted octanol–water partition coefficient (Wildman–Crippen LogP) is 1.79. The minimum absolute atomic E-state index is 0.202. The summed E-state index contributed by atoms with van der Waals surface area (Å²) >= 11 is 0. The van der Waals surface area contributed by atoms with Crippen LogP contribution in [0.1, 0.15) is 25.5 Å². The molecule has 1 atom stereocenters. The Hall–Kier alpha value is -1.91. The first-order valence-corrected chi connectivity index (χ1v) is 7.11. The maximum Gasteiger partial charge on any atom is 0.191 e. The molecule has 0 saturated carbocycles. The first kappa shape index (κ1) is 13.1. The smallest absolute Gasteiger partial charge is 0.191 e. The van der Waals surface area contributed by atoms with Gasteiger partial charge >= 0.3 is 0 Å².